The molecule has 2 aromatic heterocycles. The van der Waals surface area contributed by atoms with E-state index in [1.807, 2.05) is 26.0 Å². The first-order valence-corrected chi connectivity index (χ1v) is 11.5. The van der Waals surface area contributed by atoms with E-state index in [9.17, 15) is 9.90 Å². The van der Waals surface area contributed by atoms with Crippen LogP contribution in [-0.2, 0) is 24.1 Å². The second kappa shape index (κ2) is 11.7. The van der Waals surface area contributed by atoms with Crippen LogP contribution < -0.4 is 10.1 Å². The number of aliphatic hydroxyl groups excluding tert-OH is 2. The summed E-state index contributed by atoms with van der Waals surface area (Å²) in [5.41, 5.74) is 5.66. The number of carbonyl (C=O) groups excluding carboxylic acids is 1. The predicted octanol–water partition coefficient (Wildman–Crippen LogP) is 2.64. The summed E-state index contributed by atoms with van der Waals surface area (Å²) in [6, 6.07) is 5.92. The van der Waals surface area contributed by atoms with Gasteiger partial charge in [0.1, 0.15) is 25.1 Å². The lowest BCUT2D eigenvalue weighted by atomic mass is 10.0. The van der Waals surface area contributed by atoms with Crippen LogP contribution in [0.1, 0.15) is 43.2 Å². The van der Waals surface area contributed by atoms with E-state index in [4.69, 9.17) is 14.4 Å². The molecular formula is C25H32N4O5. The molecular weight excluding hydrogens is 436 g/mol. The fourth-order valence-corrected chi connectivity index (χ4v) is 3.71. The highest BCUT2D eigenvalue weighted by molar-refractivity contribution is 5.76. The molecule has 0 radical (unpaired) electrons. The standard InChI is InChI=1S/C25H32N4O5/c1-5-16-9-19(11-26-21(16)7-3)25-28-24(29-34-25)18-8-15(4)23(17(6-2)10-18)33-14-20(31)12-27-22(32)13-30/h8-11,20,30-31H,5-7,12-14H2,1-4H3,(H,27,32)/t20-/m0/s1. The van der Waals surface area contributed by atoms with Crippen LogP contribution in [-0.4, -0.2) is 57.1 Å². The average Bonchev–Trinajstić information content (AvgIpc) is 3.35. The molecule has 0 saturated carbocycles. The second-order valence-corrected chi connectivity index (χ2v) is 8.02. The quantitative estimate of drug-likeness (QED) is 0.391. The van der Waals surface area contributed by atoms with Crippen molar-refractivity contribution in [1.29, 1.82) is 0 Å². The number of nitrogens with one attached hydrogen (secondary N) is 1. The summed E-state index contributed by atoms with van der Waals surface area (Å²) in [5.74, 6) is 1.03. The Bertz CT molecular complexity index is 1130. The summed E-state index contributed by atoms with van der Waals surface area (Å²) in [5, 5.41) is 25.4. The van der Waals surface area contributed by atoms with E-state index in [1.165, 1.54) is 5.56 Å². The Morgan fingerprint density at radius 3 is 2.53 bits per heavy atom. The number of rotatable bonds is 11. The fourth-order valence-electron chi connectivity index (χ4n) is 3.71. The summed E-state index contributed by atoms with van der Waals surface area (Å²) < 4.78 is 11.4. The highest BCUT2D eigenvalue weighted by Gasteiger charge is 2.17. The molecule has 3 aromatic rings. The zero-order chi connectivity index (χ0) is 24.7. The van der Waals surface area contributed by atoms with Crippen molar-refractivity contribution in [3.05, 3.63) is 46.8 Å². The first kappa shape index (κ1) is 25.3. The van der Waals surface area contributed by atoms with E-state index < -0.39 is 18.6 Å². The number of carbonyl (C=O) groups is 1. The van der Waals surface area contributed by atoms with Crippen LogP contribution in [0.2, 0.25) is 0 Å². The van der Waals surface area contributed by atoms with Crippen LogP contribution in [0.3, 0.4) is 0 Å². The van der Waals surface area contributed by atoms with Crippen molar-refractivity contribution in [1.82, 2.24) is 20.4 Å². The molecule has 9 nitrogen and oxygen atoms in total. The topological polar surface area (TPSA) is 131 Å². The van der Waals surface area contributed by atoms with E-state index >= 15 is 0 Å². The van der Waals surface area contributed by atoms with E-state index in [1.54, 1.807) is 6.20 Å². The fraction of sp³-hybridized carbons (Fsp3) is 0.440. The number of amides is 1. The van der Waals surface area contributed by atoms with Crippen LogP contribution in [0.25, 0.3) is 22.8 Å². The van der Waals surface area contributed by atoms with Gasteiger partial charge >= 0.3 is 0 Å². The number of aromatic nitrogens is 3. The molecule has 1 amide bonds. The molecule has 0 aliphatic heterocycles. The molecule has 0 unspecified atom stereocenters. The molecule has 9 heteroatoms. The lowest BCUT2D eigenvalue weighted by molar-refractivity contribution is -0.124. The largest absolute Gasteiger partial charge is 0.490 e. The van der Waals surface area contributed by atoms with Gasteiger partial charge in [-0.1, -0.05) is 25.9 Å². The Morgan fingerprint density at radius 1 is 1.12 bits per heavy atom. The zero-order valence-electron chi connectivity index (χ0n) is 20.1. The lowest BCUT2D eigenvalue weighted by Gasteiger charge is -2.17. The zero-order valence-corrected chi connectivity index (χ0v) is 20.1. The first-order valence-electron chi connectivity index (χ1n) is 11.5. The first-order chi connectivity index (χ1) is 16.4. The number of hydrogen-bond acceptors (Lipinski definition) is 8. The minimum Gasteiger partial charge on any atom is -0.490 e. The highest BCUT2D eigenvalue weighted by Crippen LogP contribution is 2.31. The van der Waals surface area contributed by atoms with Gasteiger partial charge in [0.2, 0.25) is 11.7 Å². The van der Waals surface area contributed by atoms with Crippen LogP contribution in [0.5, 0.6) is 5.75 Å². The Kier molecular flexibility index (Phi) is 8.72. The van der Waals surface area contributed by atoms with E-state index in [0.29, 0.717) is 23.9 Å². The Labute approximate surface area is 199 Å². The number of pyridine rings is 1. The van der Waals surface area contributed by atoms with Crippen molar-refractivity contribution >= 4 is 5.91 Å². The van der Waals surface area contributed by atoms with Crippen molar-refractivity contribution in [3.8, 4) is 28.6 Å². The van der Waals surface area contributed by atoms with Gasteiger partial charge in [-0.05, 0) is 61.1 Å². The van der Waals surface area contributed by atoms with E-state index in [2.05, 4.69) is 40.4 Å². The third kappa shape index (κ3) is 5.98. The van der Waals surface area contributed by atoms with Crippen molar-refractivity contribution in [2.45, 2.75) is 53.1 Å². The number of benzene rings is 1. The summed E-state index contributed by atoms with van der Waals surface area (Å²) in [4.78, 5) is 20.3. The van der Waals surface area contributed by atoms with Crippen molar-refractivity contribution in [2.75, 3.05) is 19.8 Å². The molecule has 3 N–H and O–H groups in total. The number of hydrogen-bond donors (Lipinski definition) is 3. The Hall–Kier alpha value is -3.30. The van der Waals surface area contributed by atoms with Crippen LogP contribution in [0.4, 0.5) is 0 Å². The molecule has 182 valence electrons. The maximum Gasteiger partial charge on any atom is 0.259 e. The highest BCUT2D eigenvalue weighted by atomic mass is 16.5. The molecule has 0 aliphatic carbocycles. The second-order valence-electron chi connectivity index (χ2n) is 8.02. The van der Waals surface area contributed by atoms with Gasteiger partial charge in [0, 0.05) is 24.0 Å². The summed E-state index contributed by atoms with van der Waals surface area (Å²) in [6.07, 6.45) is 3.33. The van der Waals surface area contributed by atoms with Gasteiger partial charge in [0.15, 0.2) is 0 Å². The normalized spacial score (nSPS) is 11.9. The Morgan fingerprint density at radius 2 is 1.85 bits per heavy atom. The SMILES string of the molecule is CCc1cc(-c2nc(-c3cc(C)c(OC[C@@H](O)CNC(=O)CO)c(CC)c3)no2)cnc1CC. The van der Waals surface area contributed by atoms with Crippen molar-refractivity contribution in [3.63, 3.8) is 0 Å². The number of aliphatic hydroxyl groups is 2. The van der Waals surface area contributed by atoms with Crippen molar-refractivity contribution in [2.24, 2.45) is 0 Å². The minimum absolute atomic E-state index is 0.00252. The molecule has 2 heterocycles. The summed E-state index contributed by atoms with van der Waals surface area (Å²) >= 11 is 0. The Balaban J connectivity index is 1.78. The number of ether oxygens (including phenoxy) is 1. The van der Waals surface area contributed by atoms with Crippen LogP contribution in [0.15, 0.2) is 28.9 Å². The summed E-state index contributed by atoms with van der Waals surface area (Å²) in [7, 11) is 0. The molecule has 34 heavy (non-hydrogen) atoms. The number of nitrogens with zero attached hydrogens (tertiary/aromatic N) is 3. The predicted molar refractivity (Wildman–Crippen MR) is 127 cm³/mol. The maximum absolute atomic E-state index is 11.1. The molecule has 0 bridgehead atoms. The monoisotopic (exact) mass is 468 g/mol. The summed E-state index contributed by atoms with van der Waals surface area (Å²) in [6.45, 7) is 7.50. The molecule has 0 saturated heterocycles. The lowest BCUT2D eigenvalue weighted by Crippen LogP contribution is -2.36. The van der Waals surface area contributed by atoms with Crippen LogP contribution in [0, 0.1) is 6.92 Å². The van der Waals surface area contributed by atoms with Gasteiger partial charge < -0.3 is 24.8 Å². The van der Waals surface area contributed by atoms with Gasteiger partial charge in [0.25, 0.3) is 5.89 Å². The minimum atomic E-state index is -0.903. The van der Waals surface area contributed by atoms with Crippen molar-refractivity contribution < 1.29 is 24.3 Å². The van der Waals surface area contributed by atoms with Gasteiger partial charge in [0.05, 0.1) is 5.56 Å². The molecule has 0 aliphatic rings. The van der Waals surface area contributed by atoms with Gasteiger partial charge in [-0.2, -0.15) is 4.98 Å². The van der Waals surface area contributed by atoms with Gasteiger partial charge in [-0.3, -0.25) is 9.78 Å². The molecule has 1 aromatic carbocycles. The third-order valence-corrected chi connectivity index (χ3v) is 5.54. The van der Waals surface area contributed by atoms with Crippen LogP contribution >= 0.6 is 0 Å². The third-order valence-electron chi connectivity index (χ3n) is 5.54. The number of aryl methyl sites for hydroxylation is 4. The molecule has 1 atom stereocenters. The molecule has 3 rings (SSSR count). The van der Waals surface area contributed by atoms with E-state index in [-0.39, 0.29) is 13.2 Å². The average molecular weight is 469 g/mol. The van der Waals surface area contributed by atoms with Gasteiger partial charge in [-0.25, -0.2) is 0 Å². The maximum atomic E-state index is 11.1. The van der Waals surface area contributed by atoms with Gasteiger partial charge in [-0.15, -0.1) is 0 Å². The van der Waals surface area contributed by atoms with E-state index in [0.717, 1.165) is 40.8 Å². The molecule has 0 spiro atoms. The molecule has 0 fully saturated rings. The smallest absolute Gasteiger partial charge is 0.259 e.